The summed E-state index contributed by atoms with van der Waals surface area (Å²) in [6.45, 7) is 0.498. The highest BCUT2D eigenvalue weighted by molar-refractivity contribution is 5.96. The van der Waals surface area contributed by atoms with Gasteiger partial charge in [-0.2, -0.15) is 0 Å². The number of hydrogen-bond acceptors (Lipinski definition) is 4. The number of anilines is 2. The van der Waals surface area contributed by atoms with Gasteiger partial charge < -0.3 is 14.6 Å². The van der Waals surface area contributed by atoms with Crippen molar-refractivity contribution >= 4 is 23.2 Å². The van der Waals surface area contributed by atoms with Gasteiger partial charge in [-0.1, -0.05) is 0 Å². The molecular formula is C22H19F2N3O3. The van der Waals surface area contributed by atoms with Crippen LogP contribution in [0.3, 0.4) is 0 Å². The van der Waals surface area contributed by atoms with Crippen molar-refractivity contribution in [3.8, 4) is 11.3 Å². The van der Waals surface area contributed by atoms with Crippen LogP contribution in [0, 0.1) is 11.6 Å². The third kappa shape index (κ3) is 4.37. The lowest BCUT2D eigenvalue weighted by Crippen LogP contribution is -2.24. The minimum absolute atomic E-state index is 0.0946. The Labute approximate surface area is 171 Å². The molecule has 30 heavy (non-hydrogen) atoms. The van der Waals surface area contributed by atoms with Gasteiger partial charge in [-0.3, -0.25) is 9.59 Å². The highest BCUT2D eigenvalue weighted by Crippen LogP contribution is 2.27. The second kappa shape index (κ2) is 8.44. The van der Waals surface area contributed by atoms with Gasteiger partial charge in [-0.05, 0) is 48.9 Å². The lowest BCUT2D eigenvalue weighted by atomic mass is 10.2. The molecule has 3 aromatic rings. The maximum Gasteiger partial charge on any atom is 0.227 e. The van der Waals surface area contributed by atoms with Crippen LogP contribution in [0.25, 0.3) is 11.3 Å². The van der Waals surface area contributed by atoms with Gasteiger partial charge in [0.2, 0.25) is 11.8 Å². The van der Waals surface area contributed by atoms with Gasteiger partial charge in [0, 0.05) is 37.1 Å². The number of halogens is 2. The SMILES string of the molecule is O=C(CCc1ncc(-c2ccc(F)cc2)o1)Nc1ccc(N2CCCC2=O)c(F)c1. The molecule has 0 aliphatic carbocycles. The van der Waals surface area contributed by atoms with E-state index < -0.39 is 5.82 Å². The van der Waals surface area contributed by atoms with Gasteiger partial charge in [0.25, 0.3) is 0 Å². The number of amides is 2. The fourth-order valence-corrected chi connectivity index (χ4v) is 3.32. The minimum atomic E-state index is -0.556. The van der Waals surface area contributed by atoms with Gasteiger partial charge in [0.05, 0.1) is 11.9 Å². The summed E-state index contributed by atoms with van der Waals surface area (Å²) in [5, 5.41) is 2.63. The third-order valence-electron chi connectivity index (χ3n) is 4.84. The van der Waals surface area contributed by atoms with Crippen molar-refractivity contribution in [2.24, 2.45) is 0 Å². The molecule has 1 saturated heterocycles. The molecule has 8 heteroatoms. The number of nitrogens with zero attached hydrogens (tertiary/aromatic N) is 2. The lowest BCUT2D eigenvalue weighted by Gasteiger charge is -2.17. The van der Waals surface area contributed by atoms with Crippen LogP contribution in [-0.4, -0.2) is 23.3 Å². The molecule has 1 aliphatic heterocycles. The number of carbonyl (C=O) groups excluding carboxylic acids is 2. The first-order valence-electron chi connectivity index (χ1n) is 9.60. The smallest absolute Gasteiger partial charge is 0.227 e. The Morgan fingerprint density at radius 1 is 1.17 bits per heavy atom. The summed E-state index contributed by atoms with van der Waals surface area (Å²) in [5.41, 5.74) is 1.22. The van der Waals surface area contributed by atoms with Crippen LogP contribution in [-0.2, 0) is 16.0 Å². The van der Waals surface area contributed by atoms with E-state index in [9.17, 15) is 18.4 Å². The highest BCUT2D eigenvalue weighted by atomic mass is 19.1. The monoisotopic (exact) mass is 411 g/mol. The molecule has 1 aromatic heterocycles. The third-order valence-corrected chi connectivity index (χ3v) is 4.84. The Kier molecular flexibility index (Phi) is 5.56. The Morgan fingerprint density at radius 3 is 2.67 bits per heavy atom. The first-order chi connectivity index (χ1) is 14.5. The van der Waals surface area contributed by atoms with Gasteiger partial charge >= 0.3 is 0 Å². The maximum absolute atomic E-state index is 14.4. The van der Waals surface area contributed by atoms with Crippen LogP contribution in [0.2, 0.25) is 0 Å². The summed E-state index contributed by atoms with van der Waals surface area (Å²) in [6.07, 6.45) is 3.00. The Bertz CT molecular complexity index is 1080. The highest BCUT2D eigenvalue weighted by Gasteiger charge is 2.24. The second-order valence-corrected chi connectivity index (χ2v) is 6.99. The average molecular weight is 411 g/mol. The molecule has 2 amide bonds. The summed E-state index contributed by atoms with van der Waals surface area (Å²) in [4.78, 5) is 29.5. The maximum atomic E-state index is 14.4. The fraction of sp³-hybridized carbons (Fsp3) is 0.227. The molecule has 0 unspecified atom stereocenters. The van der Waals surface area contributed by atoms with E-state index in [2.05, 4.69) is 10.3 Å². The number of carbonyl (C=O) groups is 2. The van der Waals surface area contributed by atoms with E-state index in [0.29, 0.717) is 42.3 Å². The molecular weight excluding hydrogens is 392 g/mol. The summed E-state index contributed by atoms with van der Waals surface area (Å²) in [7, 11) is 0. The largest absolute Gasteiger partial charge is 0.441 e. The number of hydrogen-bond donors (Lipinski definition) is 1. The topological polar surface area (TPSA) is 75.4 Å². The van der Waals surface area contributed by atoms with Gasteiger partial charge in [0.1, 0.15) is 11.6 Å². The van der Waals surface area contributed by atoms with E-state index in [1.54, 1.807) is 18.2 Å². The van der Waals surface area contributed by atoms with E-state index in [0.717, 1.165) is 0 Å². The van der Waals surface area contributed by atoms with Gasteiger partial charge in [-0.15, -0.1) is 0 Å². The fourth-order valence-electron chi connectivity index (χ4n) is 3.32. The van der Waals surface area contributed by atoms with Crippen LogP contribution < -0.4 is 10.2 Å². The molecule has 1 N–H and O–H groups in total. The standard InChI is InChI=1S/C22H19F2N3O3/c23-15-5-3-14(4-6-15)19-13-25-21(30-19)10-9-20(28)26-16-7-8-18(17(24)12-16)27-11-1-2-22(27)29/h3-8,12-13H,1-2,9-11H2,(H,26,28). The molecule has 2 aromatic carbocycles. The Morgan fingerprint density at radius 2 is 1.97 bits per heavy atom. The van der Waals surface area contributed by atoms with Crippen LogP contribution >= 0.6 is 0 Å². The van der Waals surface area contributed by atoms with E-state index in [1.165, 1.54) is 35.4 Å². The first-order valence-corrected chi connectivity index (χ1v) is 9.60. The molecule has 0 atom stereocenters. The number of oxazole rings is 1. The van der Waals surface area contributed by atoms with Crippen molar-refractivity contribution in [1.82, 2.24) is 4.98 Å². The lowest BCUT2D eigenvalue weighted by molar-refractivity contribution is -0.117. The van der Waals surface area contributed by atoms with E-state index >= 15 is 0 Å². The van der Waals surface area contributed by atoms with E-state index in [4.69, 9.17) is 4.42 Å². The number of rotatable bonds is 6. The predicted molar refractivity (Wildman–Crippen MR) is 107 cm³/mol. The van der Waals surface area contributed by atoms with Crippen molar-refractivity contribution in [1.29, 1.82) is 0 Å². The number of aromatic nitrogens is 1. The van der Waals surface area contributed by atoms with Crippen molar-refractivity contribution in [3.05, 3.63) is 66.2 Å². The van der Waals surface area contributed by atoms with Crippen LogP contribution in [0.5, 0.6) is 0 Å². The average Bonchev–Trinajstić information content (AvgIpc) is 3.36. The molecule has 1 fully saturated rings. The predicted octanol–water partition coefficient (Wildman–Crippen LogP) is 4.32. The second-order valence-electron chi connectivity index (χ2n) is 6.99. The Balaban J connectivity index is 1.33. The summed E-state index contributed by atoms with van der Waals surface area (Å²) in [5.74, 6) is -0.456. The number of aryl methyl sites for hydroxylation is 1. The van der Waals surface area contributed by atoms with Gasteiger partial charge in [-0.25, -0.2) is 13.8 Å². The molecule has 6 nitrogen and oxygen atoms in total. The molecule has 4 rings (SSSR count). The quantitative estimate of drug-likeness (QED) is 0.656. The van der Waals surface area contributed by atoms with Crippen LogP contribution in [0.4, 0.5) is 20.2 Å². The molecule has 0 spiro atoms. The normalized spacial score (nSPS) is 13.7. The molecule has 154 valence electrons. The van der Waals surface area contributed by atoms with Crippen molar-refractivity contribution < 1.29 is 22.8 Å². The number of nitrogens with one attached hydrogen (secondary N) is 1. The van der Waals surface area contributed by atoms with E-state index in [1.807, 2.05) is 0 Å². The number of benzene rings is 2. The zero-order valence-corrected chi connectivity index (χ0v) is 16.0. The Hall–Kier alpha value is -3.55. The van der Waals surface area contributed by atoms with Crippen LogP contribution in [0.15, 0.2) is 53.1 Å². The van der Waals surface area contributed by atoms with Crippen LogP contribution in [0.1, 0.15) is 25.2 Å². The summed E-state index contributed by atoms with van der Waals surface area (Å²) in [6, 6.07) is 10.1. The van der Waals surface area contributed by atoms with E-state index in [-0.39, 0.29) is 36.2 Å². The minimum Gasteiger partial charge on any atom is -0.441 e. The van der Waals surface area contributed by atoms with Crippen molar-refractivity contribution in [2.75, 3.05) is 16.8 Å². The zero-order valence-electron chi connectivity index (χ0n) is 16.0. The summed E-state index contributed by atoms with van der Waals surface area (Å²) < 4.78 is 33.0. The molecule has 0 bridgehead atoms. The van der Waals surface area contributed by atoms with Gasteiger partial charge in [0.15, 0.2) is 11.7 Å². The van der Waals surface area contributed by atoms with Crippen molar-refractivity contribution in [3.63, 3.8) is 0 Å². The molecule has 1 aliphatic rings. The first kappa shape index (κ1) is 19.8. The summed E-state index contributed by atoms with van der Waals surface area (Å²) >= 11 is 0. The molecule has 2 heterocycles. The molecule has 0 saturated carbocycles. The zero-order chi connectivity index (χ0) is 21.1. The molecule has 0 radical (unpaired) electrons. The van der Waals surface area contributed by atoms with Crippen molar-refractivity contribution in [2.45, 2.75) is 25.7 Å².